The maximum atomic E-state index is 12.1. The van der Waals surface area contributed by atoms with E-state index in [1.54, 1.807) is 32.4 Å². The second-order valence-corrected chi connectivity index (χ2v) is 4.13. The maximum Gasteiger partial charge on any atom is 0.255 e. The topological polar surface area (TPSA) is 56.3 Å². The zero-order valence-electron chi connectivity index (χ0n) is 11.6. The Bertz CT molecular complexity index is 591. The lowest BCUT2D eigenvalue weighted by Gasteiger charge is -2.10. The number of anilines is 1. The highest BCUT2D eigenvalue weighted by Crippen LogP contribution is 2.32. The highest BCUT2D eigenvalue weighted by molar-refractivity contribution is 5.71. The minimum atomic E-state index is -2.45. The maximum absolute atomic E-state index is 12.1. The van der Waals surface area contributed by atoms with Gasteiger partial charge >= 0.3 is 0 Å². The third kappa shape index (κ3) is 3.77. The van der Waals surface area contributed by atoms with Crippen LogP contribution in [0.25, 0.3) is 11.1 Å². The molecule has 21 heavy (non-hydrogen) atoms. The summed E-state index contributed by atoms with van der Waals surface area (Å²) in [7, 11) is 3.13. The van der Waals surface area contributed by atoms with Crippen molar-refractivity contribution in [2.45, 2.75) is 6.43 Å². The first-order chi connectivity index (χ1) is 10.1. The summed E-state index contributed by atoms with van der Waals surface area (Å²) in [5.74, 6) is 1.47. The Morgan fingerprint density at radius 2 is 1.86 bits per heavy atom. The van der Waals surface area contributed by atoms with Crippen LogP contribution in [0.15, 0.2) is 30.6 Å². The van der Waals surface area contributed by atoms with Gasteiger partial charge in [0.1, 0.15) is 11.5 Å². The number of nitrogens with one attached hydrogen (secondary N) is 1. The largest absolute Gasteiger partial charge is 0.497 e. The van der Waals surface area contributed by atoms with Gasteiger partial charge in [-0.1, -0.05) is 0 Å². The number of nitrogens with zero attached hydrogens (tertiary/aromatic N) is 2. The van der Waals surface area contributed by atoms with Crippen molar-refractivity contribution in [1.82, 2.24) is 9.97 Å². The van der Waals surface area contributed by atoms with E-state index >= 15 is 0 Å². The first-order valence-corrected chi connectivity index (χ1v) is 6.20. The van der Waals surface area contributed by atoms with Crippen LogP contribution in [-0.4, -0.2) is 37.2 Å². The molecule has 112 valence electrons. The lowest BCUT2D eigenvalue weighted by molar-refractivity contribution is 0.163. The van der Waals surface area contributed by atoms with Crippen LogP contribution in [0.4, 0.5) is 14.7 Å². The Balaban J connectivity index is 2.25. The van der Waals surface area contributed by atoms with Gasteiger partial charge in [-0.3, -0.25) is 0 Å². The minimum Gasteiger partial charge on any atom is -0.497 e. The van der Waals surface area contributed by atoms with E-state index in [-0.39, 0.29) is 5.95 Å². The fraction of sp³-hybridized carbons (Fsp3) is 0.286. The number of benzene rings is 1. The summed E-state index contributed by atoms with van der Waals surface area (Å²) < 4.78 is 34.7. The molecule has 0 fully saturated rings. The average Bonchev–Trinajstić information content (AvgIpc) is 2.52. The van der Waals surface area contributed by atoms with E-state index in [9.17, 15) is 8.78 Å². The lowest BCUT2D eigenvalue weighted by atomic mass is 10.1. The van der Waals surface area contributed by atoms with E-state index in [0.29, 0.717) is 17.1 Å². The molecule has 2 aromatic rings. The second kappa shape index (κ2) is 6.83. The van der Waals surface area contributed by atoms with Gasteiger partial charge in [-0.25, -0.2) is 18.7 Å². The zero-order chi connectivity index (χ0) is 15.2. The smallest absolute Gasteiger partial charge is 0.255 e. The molecule has 0 aliphatic heterocycles. The van der Waals surface area contributed by atoms with Gasteiger partial charge in [-0.05, 0) is 18.2 Å². The predicted octanol–water partition coefficient (Wildman–Crippen LogP) is 2.84. The Kier molecular flexibility index (Phi) is 4.86. The van der Waals surface area contributed by atoms with Crippen LogP contribution in [0.1, 0.15) is 0 Å². The Morgan fingerprint density at radius 1 is 1.14 bits per heavy atom. The monoisotopic (exact) mass is 295 g/mol. The summed E-state index contributed by atoms with van der Waals surface area (Å²) in [4.78, 5) is 8.01. The molecular formula is C14H15F2N3O2. The summed E-state index contributed by atoms with van der Waals surface area (Å²) in [5, 5.41) is 2.45. The normalized spacial score (nSPS) is 10.5. The molecule has 0 radical (unpaired) electrons. The van der Waals surface area contributed by atoms with Crippen LogP contribution < -0.4 is 14.8 Å². The minimum absolute atomic E-state index is 0.154. The van der Waals surface area contributed by atoms with Gasteiger partial charge in [0.05, 0.1) is 20.8 Å². The van der Waals surface area contributed by atoms with Crippen LogP contribution in [-0.2, 0) is 0 Å². The number of ether oxygens (including phenoxy) is 2. The van der Waals surface area contributed by atoms with Crippen LogP contribution in [0.2, 0.25) is 0 Å². The third-order valence-electron chi connectivity index (χ3n) is 2.78. The number of hydrogen-bond donors (Lipinski definition) is 1. The quantitative estimate of drug-likeness (QED) is 0.888. The van der Waals surface area contributed by atoms with Gasteiger partial charge < -0.3 is 14.8 Å². The Morgan fingerprint density at radius 3 is 2.43 bits per heavy atom. The van der Waals surface area contributed by atoms with Crippen molar-refractivity contribution in [1.29, 1.82) is 0 Å². The van der Waals surface area contributed by atoms with E-state index < -0.39 is 13.0 Å². The van der Waals surface area contributed by atoms with Crippen LogP contribution in [0, 0.1) is 0 Å². The number of rotatable bonds is 6. The first-order valence-electron chi connectivity index (χ1n) is 6.20. The number of alkyl halides is 2. The van der Waals surface area contributed by atoms with E-state index in [1.807, 2.05) is 0 Å². The van der Waals surface area contributed by atoms with E-state index in [0.717, 1.165) is 5.56 Å². The fourth-order valence-electron chi connectivity index (χ4n) is 1.77. The molecule has 5 nitrogen and oxygen atoms in total. The van der Waals surface area contributed by atoms with Gasteiger partial charge in [0.25, 0.3) is 6.43 Å². The number of halogens is 2. The molecule has 0 saturated heterocycles. The van der Waals surface area contributed by atoms with Crippen molar-refractivity contribution in [3.63, 3.8) is 0 Å². The SMILES string of the molecule is COc1ccc(OC)c(-c2cnc(NCC(F)F)nc2)c1. The van der Waals surface area contributed by atoms with Gasteiger partial charge in [-0.2, -0.15) is 0 Å². The van der Waals surface area contributed by atoms with Crippen molar-refractivity contribution < 1.29 is 18.3 Å². The van der Waals surface area contributed by atoms with Crippen molar-refractivity contribution in [3.8, 4) is 22.6 Å². The van der Waals surface area contributed by atoms with Crippen molar-refractivity contribution in [2.75, 3.05) is 26.1 Å². The second-order valence-electron chi connectivity index (χ2n) is 4.13. The van der Waals surface area contributed by atoms with E-state index in [2.05, 4.69) is 15.3 Å². The molecule has 1 aromatic heterocycles. The van der Waals surface area contributed by atoms with Gasteiger partial charge in [0, 0.05) is 23.5 Å². The fourth-order valence-corrected chi connectivity index (χ4v) is 1.77. The average molecular weight is 295 g/mol. The zero-order valence-corrected chi connectivity index (χ0v) is 11.6. The number of hydrogen-bond acceptors (Lipinski definition) is 5. The van der Waals surface area contributed by atoms with Gasteiger partial charge in [0.15, 0.2) is 0 Å². The van der Waals surface area contributed by atoms with E-state index in [4.69, 9.17) is 9.47 Å². The van der Waals surface area contributed by atoms with Gasteiger partial charge in [-0.15, -0.1) is 0 Å². The first kappa shape index (κ1) is 15.0. The van der Waals surface area contributed by atoms with E-state index in [1.165, 1.54) is 12.4 Å². The number of methoxy groups -OCH3 is 2. The third-order valence-corrected chi connectivity index (χ3v) is 2.78. The lowest BCUT2D eigenvalue weighted by Crippen LogP contribution is -2.12. The van der Waals surface area contributed by atoms with Crippen LogP contribution >= 0.6 is 0 Å². The molecule has 0 bridgehead atoms. The molecule has 0 unspecified atom stereocenters. The standard InChI is InChI=1S/C14H15F2N3O2/c1-20-10-3-4-12(21-2)11(5-10)9-6-17-14(18-7-9)19-8-13(15)16/h3-7,13H,8H2,1-2H3,(H,17,18,19). The Labute approximate surface area is 120 Å². The highest BCUT2D eigenvalue weighted by atomic mass is 19.3. The Hall–Kier alpha value is -2.44. The molecular weight excluding hydrogens is 280 g/mol. The van der Waals surface area contributed by atoms with Crippen LogP contribution in [0.3, 0.4) is 0 Å². The molecule has 1 aromatic carbocycles. The molecule has 0 atom stereocenters. The van der Waals surface area contributed by atoms with Crippen molar-refractivity contribution in [2.24, 2.45) is 0 Å². The van der Waals surface area contributed by atoms with Crippen molar-refractivity contribution >= 4 is 5.95 Å². The van der Waals surface area contributed by atoms with Gasteiger partial charge in [0.2, 0.25) is 5.95 Å². The molecule has 7 heteroatoms. The molecule has 0 amide bonds. The molecule has 0 aliphatic carbocycles. The molecule has 2 rings (SSSR count). The van der Waals surface area contributed by atoms with Crippen LogP contribution in [0.5, 0.6) is 11.5 Å². The molecule has 0 saturated carbocycles. The number of aromatic nitrogens is 2. The molecule has 0 aliphatic rings. The highest BCUT2D eigenvalue weighted by Gasteiger charge is 2.09. The molecule has 1 N–H and O–H groups in total. The molecule has 1 heterocycles. The summed E-state index contributed by atoms with van der Waals surface area (Å²) >= 11 is 0. The summed E-state index contributed by atoms with van der Waals surface area (Å²) in [6.45, 7) is -0.484. The summed E-state index contributed by atoms with van der Waals surface area (Å²) in [5.41, 5.74) is 1.46. The predicted molar refractivity (Wildman–Crippen MR) is 75.1 cm³/mol. The summed E-state index contributed by atoms with van der Waals surface area (Å²) in [6.07, 6.45) is 0.627. The molecule has 0 spiro atoms. The van der Waals surface area contributed by atoms with Crippen molar-refractivity contribution in [3.05, 3.63) is 30.6 Å². The summed E-state index contributed by atoms with van der Waals surface area (Å²) in [6, 6.07) is 5.35.